The molecular formula is C24H25FN4O2. The van der Waals surface area contributed by atoms with Crippen LogP contribution in [-0.2, 0) is 11.3 Å². The fraction of sp³-hybridized carbons (Fsp3) is 0.375. The van der Waals surface area contributed by atoms with Crippen LogP contribution in [0.1, 0.15) is 43.5 Å². The minimum absolute atomic E-state index is 0.0425. The number of aromatic nitrogens is 2. The van der Waals surface area contributed by atoms with Gasteiger partial charge in [0.2, 0.25) is 5.91 Å². The average molecular weight is 420 g/mol. The summed E-state index contributed by atoms with van der Waals surface area (Å²) in [5.74, 6) is 0.432. The molecule has 160 valence electrons. The number of piperidine rings is 1. The highest BCUT2D eigenvalue weighted by Crippen LogP contribution is 2.39. The largest absolute Gasteiger partial charge is 0.335 e. The number of halogens is 1. The predicted molar refractivity (Wildman–Crippen MR) is 117 cm³/mol. The number of amides is 2. The van der Waals surface area contributed by atoms with E-state index in [-0.39, 0.29) is 23.7 Å². The summed E-state index contributed by atoms with van der Waals surface area (Å²) >= 11 is 0. The molecule has 6 nitrogen and oxygen atoms in total. The maximum atomic E-state index is 14.6. The molecule has 2 bridgehead atoms. The monoisotopic (exact) mass is 420 g/mol. The van der Waals surface area contributed by atoms with Gasteiger partial charge < -0.3 is 14.8 Å². The Balaban J connectivity index is 1.71. The van der Waals surface area contributed by atoms with Gasteiger partial charge in [0.05, 0.1) is 22.2 Å². The molecule has 0 unspecified atom stereocenters. The lowest BCUT2D eigenvalue weighted by Crippen LogP contribution is -2.37. The molecule has 1 aliphatic carbocycles. The van der Waals surface area contributed by atoms with Crippen molar-refractivity contribution < 1.29 is 14.0 Å². The van der Waals surface area contributed by atoms with Crippen molar-refractivity contribution in [2.24, 2.45) is 5.92 Å². The quantitative estimate of drug-likeness (QED) is 0.678. The molecule has 2 amide bonds. The van der Waals surface area contributed by atoms with Crippen molar-refractivity contribution in [3.8, 4) is 11.4 Å². The Morgan fingerprint density at radius 3 is 2.68 bits per heavy atom. The second kappa shape index (κ2) is 7.48. The summed E-state index contributed by atoms with van der Waals surface area (Å²) in [5.41, 5.74) is 2.67. The zero-order chi connectivity index (χ0) is 21.7. The van der Waals surface area contributed by atoms with E-state index in [1.165, 1.54) is 19.4 Å². The summed E-state index contributed by atoms with van der Waals surface area (Å²) in [6.45, 7) is 4.70. The standard InChI is InChI=1S/C24H25FN4O2/c1-3-28-22-19(24(31)29-13-15-8-9-17(29)10-15)11-16(26-14(2)30)12-21(22)27-23(28)18-6-4-5-7-20(18)25/h4-7,11-12,15,17H,3,8-10,13H2,1-2H3,(H,26,30)/t15-,17+/m1/s1. The van der Waals surface area contributed by atoms with Crippen LogP contribution in [-0.4, -0.2) is 38.9 Å². The lowest BCUT2D eigenvalue weighted by molar-refractivity contribution is -0.114. The van der Waals surface area contributed by atoms with Crippen molar-refractivity contribution in [1.29, 1.82) is 0 Å². The number of rotatable bonds is 4. The Hall–Kier alpha value is -3.22. The molecule has 7 heteroatoms. The van der Waals surface area contributed by atoms with Gasteiger partial charge in [0, 0.05) is 31.7 Å². The van der Waals surface area contributed by atoms with Gasteiger partial charge >= 0.3 is 0 Å². The SMILES string of the molecule is CCn1c(-c2ccccc2F)nc2cc(NC(C)=O)cc(C(=O)N3C[C@@H]4CC[C@H]3C4)c21. The third-order valence-corrected chi connectivity index (χ3v) is 6.49. The van der Waals surface area contributed by atoms with Crippen molar-refractivity contribution >= 4 is 28.5 Å². The smallest absolute Gasteiger partial charge is 0.256 e. The molecule has 5 rings (SSSR count). The van der Waals surface area contributed by atoms with E-state index < -0.39 is 0 Å². The fourth-order valence-electron chi connectivity index (χ4n) is 5.19. The summed E-state index contributed by atoms with van der Waals surface area (Å²) in [5, 5.41) is 2.78. The van der Waals surface area contributed by atoms with Crippen LogP contribution in [0.5, 0.6) is 0 Å². The molecule has 2 fully saturated rings. The molecular weight excluding hydrogens is 395 g/mol. The van der Waals surface area contributed by atoms with Gasteiger partial charge in [0.25, 0.3) is 5.91 Å². The number of aryl methyl sites for hydroxylation is 1. The highest BCUT2D eigenvalue weighted by atomic mass is 19.1. The van der Waals surface area contributed by atoms with Crippen molar-refractivity contribution in [1.82, 2.24) is 14.5 Å². The van der Waals surface area contributed by atoms with Gasteiger partial charge in [-0.2, -0.15) is 0 Å². The van der Waals surface area contributed by atoms with Gasteiger partial charge in [-0.25, -0.2) is 9.37 Å². The lowest BCUT2D eigenvalue weighted by Gasteiger charge is -2.27. The van der Waals surface area contributed by atoms with E-state index in [1.807, 2.05) is 16.4 Å². The highest BCUT2D eigenvalue weighted by Gasteiger charge is 2.41. The topological polar surface area (TPSA) is 67.2 Å². The minimum atomic E-state index is -0.362. The lowest BCUT2D eigenvalue weighted by atomic mass is 10.1. The molecule has 0 spiro atoms. The van der Waals surface area contributed by atoms with E-state index in [4.69, 9.17) is 4.98 Å². The number of hydrogen-bond donors (Lipinski definition) is 1. The van der Waals surface area contributed by atoms with Gasteiger partial charge in [-0.15, -0.1) is 0 Å². The summed E-state index contributed by atoms with van der Waals surface area (Å²) in [7, 11) is 0. The molecule has 0 radical (unpaired) electrons. The second-order valence-electron chi connectivity index (χ2n) is 8.52. The molecule has 2 atom stereocenters. The number of nitrogens with zero attached hydrogens (tertiary/aromatic N) is 3. The Labute approximate surface area is 180 Å². The van der Waals surface area contributed by atoms with Crippen LogP contribution in [0, 0.1) is 11.7 Å². The van der Waals surface area contributed by atoms with Crippen LogP contribution in [0.4, 0.5) is 10.1 Å². The maximum absolute atomic E-state index is 14.6. The molecule has 2 aliphatic rings. The number of imidazole rings is 1. The van der Waals surface area contributed by atoms with Crippen LogP contribution < -0.4 is 5.32 Å². The van der Waals surface area contributed by atoms with E-state index in [0.717, 1.165) is 19.4 Å². The molecule has 1 aliphatic heterocycles. The van der Waals surface area contributed by atoms with Crippen LogP contribution >= 0.6 is 0 Å². The second-order valence-corrected chi connectivity index (χ2v) is 8.52. The first-order chi connectivity index (χ1) is 15.0. The normalized spacial score (nSPS) is 19.9. The summed E-state index contributed by atoms with van der Waals surface area (Å²) in [6, 6.07) is 10.3. The molecule has 1 aromatic heterocycles. The number of fused-ring (bicyclic) bond motifs is 3. The molecule has 31 heavy (non-hydrogen) atoms. The highest BCUT2D eigenvalue weighted by molar-refractivity contribution is 6.08. The Kier molecular flexibility index (Phi) is 4.76. The average Bonchev–Trinajstić information content (AvgIpc) is 3.46. The zero-order valence-electron chi connectivity index (χ0n) is 17.7. The zero-order valence-corrected chi connectivity index (χ0v) is 17.7. The van der Waals surface area contributed by atoms with Crippen LogP contribution in [0.2, 0.25) is 0 Å². The van der Waals surface area contributed by atoms with Gasteiger partial charge in [-0.1, -0.05) is 12.1 Å². The number of nitrogens with one attached hydrogen (secondary N) is 1. The summed E-state index contributed by atoms with van der Waals surface area (Å²) in [6.07, 6.45) is 3.28. The number of benzene rings is 2. The summed E-state index contributed by atoms with van der Waals surface area (Å²) < 4.78 is 16.5. The Morgan fingerprint density at radius 2 is 2.03 bits per heavy atom. The number of carbonyl (C=O) groups is 2. The molecule has 3 aromatic rings. The third-order valence-electron chi connectivity index (χ3n) is 6.49. The first-order valence-corrected chi connectivity index (χ1v) is 10.8. The predicted octanol–water partition coefficient (Wildman–Crippen LogP) is 4.45. The molecule has 2 aromatic carbocycles. The molecule has 1 saturated heterocycles. The van der Waals surface area contributed by atoms with Gasteiger partial charge in [0.1, 0.15) is 11.6 Å². The van der Waals surface area contributed by atoms with Crippen molar-refractivity contribution in [2.45, 2.75) is 45.7 Å². The number of carbonyl (C=O) groups excluding carboxylic acids is 2. The number of anilines is 1. The fourth-order valence-corrected chi connectivity index (χ4v) is 5.19. The van der Waals surface area contributed by atoms with E-state index in [2.05, 4.69) is 5.32 Å². The first-order valence-electron chi connectivity index (χ1n) is 10.8. The van der Waals surface area contributed by atoms with Gasteiger partial charge in [0.15, 0.2) is 0 Å². The van der Waals surface area contributed by atoms with Gasteiger partial charge in [-0.05, 0) is 56.4 Å². The van der Waals surface area contributed by atoms with E-state index in [1.54, 1.807) is 30.3 Å². The van der Waals surface area contributed by atoms with E-state index in [9.17, 15) is 14.0 Å². The van der Waals surface area contributed by atoms with Crippen LogP contribution in [0.3, 0.4) is 0 Å². The van der Waals surface area contributed by atoms with Crippen molar-refractivity contribution in [2.75, 3.05) is 11.9 Å². The third kappa shape index (κ3) is 3.28. The molecule has 1 N–H and O–H groups in total. The minimum Gasteiger partial charge on any atom is -0.335 e. The van der Waals surface area contributed by atoms with E-state index >= 15 is 0 Å². The Bertz CT molecular complexity index is 1200. The Morgan fingerprint density at radius 1 is 1.23 bits per heavy atom. The summed E-state index contributed by atoms with van der Waals surface area (Å²) in [4.78, 5) is 32.0. The molecule has 2 heterocycles. The van der Waals surface area contributed by atoms with Crippen molar-refractivity contribution in [3.63, 3.8) is 0 Å². The number of likely N-dealkylation sites (tertiary alicyclic amines) is 1. The molecule has 1 saturated carbocycles. The van der Waals surface area contributed by atoms with Gasteiger partial charge in [-0.3, -0.25) is 9.59 Å². The maximum Gasteiger partial charge on any atom is 0.256 e. The van der Waals surface area contributed by atoms with Crippen LogP contribution in [0.15, 0.2) is 36.4 Å². The van der Waals surface area contributed by atoms with E-state index in [0.29, 0.717) is 46.1 Å². The number of hydrogen-bond acceptors (Lipinski definition) is 3. The van der Waals surface area contributed by atoms with Crippen LogP contribution in [0.25, 0.3) is 22.4 Å². The first kappa shape index (κ1) is 19.7. The van der Waals surface area contributed by atoms with Crippen molar-refractivity contribution in [3.05, 3.63) is 47.8 Å².